The zero-order valence-corrected chi connectivity index (χ0v) is 20.5. The SMILES string of the molecule is CS(=O)(=O)c1cc2ccccc2n1NC(=O)C1(CCC2NCCc3ccccc32)CCCCC1. The minimum absolute atomic E-state index is 0.0671. The first-order valence-corrected chi connectivity index (χ1v) is 14.2. The number of fused-ring (bicyclic) bond motifs is 2. The van der Waals surface area contributed by atoms with Crippen molar-refractivity contribution in [3.8, 4) is 0 Å². The standard InChI is InChI=1S/C27H33N3O3S/c1-34(32,33)25-19-21-10-4-6-12-24(21)30(25)29-26(31)27(15-7-2-8-16-27)17-13-23-22-11-5-3-9-20(22)14-18-28-23/h3-6,9-12,19,23,28H,2,7-8,13-18H2,1H3,(H,29,31). The van der Waals surface area contributed by atoms with Crippen LogP contribution in [-0.4, -0.2) is 31.8 Å². The van der Waals surface area contributed by atoms with Gasteiger partial charge in [-0.2, -0.15) is 0 Å². The molecule has 0 spiro atoms. The largest absolute Gasteiger partial charge is 0.310 e. The molecule has 1 amide bonds. The molecule has 1 aromatic heterocycles. The lowest BCUT2D eigenvalue weighted by Crippen LogP contribution is -2.42. The van der Waals surface area contributed by atoms with Gasteiger partial charge in [0.25, 0.3) is 0 Å². The van der Waals surface area contributed by atoms with Gasteiger partial charge in [0.2, 0.25) is 5.91 Å². The van der Waals surface area contributed by atoms with Crippen molar-refractivity contribution >= 4 is 26.6 Å². The smallest absolute Gasteiger partial charge is 0.245 e. The van der Waals surface area contributed by atoms with E-state index >= 15 is 0 Å². The average Bonchev–Trinajstić information content (AvgIpc) is 3.22. The summed E-state index contributed by atoms with van der Waals surface area (Å²) in [5, 5.41) is 4.57. The fraction of sp³-hybridized carbons (Fsp3) is 0.444. The van der Waals surface area contributed by atoms with Crippen LogP contribution in [0.15, 0.2) is 59.6 Å². The summed E-state index contributed by atoms with van der Waals surface area (Å²) in [5.41, 5.74) is 5.98. The van der Waals surface area contributed by atoms with Gasteiger partial charge in [0.15, 0.2) is 14.9 Å². The van der Waals surface area contributed by atoms with E-state index in [0.717, 1.165) is 63.3 Å². The molecule has 1 unspecified atom stereocenters. The van der Waals surface area contributed by atoms with E-state index in [9.17, 15) is 13.2 Å². The normalized spacial score (nSPS) is 20.1. The molecule has 0 bridgehead atoms. The first-order chi connectivity index (χ1) is 16.4. The molecule has 0 radical (unpaired) electrons. The van der Waals surface area contributed by atoms with Gasteiger partial charge < -0.3 is 5.32 Å². The molecule has 5 rings (SSSR count). The van der Waals surface area contributed by atoms with Gasteiger partial charge in [0.1, 0.15) is 0 Å². The molecule has 3 aromatic rings. The van der Waals surface area contributed by atoms with E-state index in [2.05, 4.69) is 35.0 Å². The average molecular weight is 480 g/mol. The Labute approximate surface area is 201 Å². The number of nitrogens with one attached hydrogen (secondary N) is 2. The number of para-hydroxylation sites is 1. The molecule has 1 fully saturated rings. The summed E-state index contributed by atoms with van der Waals surface area (Å²) in [6, 6.07) is 17.9. The van der Waals surface area contributed by atoms with Crippen LogP contribution in [0.5, 0.6) is 0 Å². The fourth-order valence-electron chi connectivity index (χ4n) is 5.83. The highest BCUT2D eigenvalue weighted by Crippen LogP contribution is 2.43. The number of amides is 1. The van der Waals surface area contributed by atoms with Crippen LogP contribution in [0.4, 0.5) is 0 Å². The molecule has 0 saturated heterocycles. The Morgan fingerprint density at radius 3 is 2.62 bits per heavy atom. The number of carbonyl (C=O) groups is 1. The molecule has 2 aromatic carbocycles. The molecule has 2 N–H and O–H groups in total. The van der Waals surface area contributed by atoms with Crippen molar-refractivity contribution < 1.29 is 13.2 Å². The molecule has 2 aliphatic rings. The third-order valence-electron chi connectivity index (χ3n) is 7.69. The monoisotopic (exact) mass is 479 g/mol. The molecule has 7 heteroatoms. The van der Waals surface area contributed by atoms with Gasteiger partial charge in [-0.05, 0) is 61.9 Å². The lowest BCUT2D eigenvalue weighted by atomic mass is 9.69. The van der Waals surface area contributed by atoms with Crippen molar-refractivity contribution in [3.63, 3.8) is 0 Å². The van der Waals surface area contributed by atoms with Crippen LogP contribution < -0.4 is 10.7 Å². The fourth-order valence-corrected chi connectivity index (χ4v) is 6.64. The summed E-state index contributed by atoms with van der Waals surface area (Å²) < 4.78 is 26.5. The molecule has 180 valence electrons. The minimum Gasteiger partial charge on any atom is -0.310 e. The summed E-state index contributed by atoms with van der Waals surface area (Å²) in [5.74, 6) is -0.0671. The minimum atomic E-state index is -3.52. The molecule has 1 aliphatic heterocycles. The van der Waals surface area contributed by atoms with Gasteiger partial charge in [-0.3, -0.25) is 10.2 Å². The summed E-state index contributed by atoms with van der Waals surface area (Å²) in [6.07, 6.45) is 8.73. The topological polar surface area (TPSA) is 80.2 Å². The van der Waals surface area contributed by atoms with Gasteiger partial charge in [0, 0.05) is 17.7 Å². The van der Waals surface area contributed by atoms with Crippen molar-refractivity contribution in [2.75, 3.05) is 18.2 Å². The van der Waals surface area contributed by atoms with Crippen molar-refractivity contribution in [2.45, 2.75) is 62.4 Å². The third kappa shape index (κ3) is 4.39. The summed E-state index contributed by atoms with van der Waals surface area (Å²) in [7, 11) is -3.52. The number of hydrogen-bond acceptors (Lipinski definition) is 4. The molecule has 1 saturated carbocycles. The van der Waals surface area contributed by atoms with Crippen LogP contribution >= 0.6 is 0 Å². The van der Waals surface area contributed by atoms with Crippen molar-refractivity contribution in [3.05, 3.63) is 65.7 Å². The molecule has 1 atom stereocenters. The van der Waals surface area contributed by atoms with E-state index in [4.69, 9.17) is 0 Å². The van der Waals surface area contributed by atoms with Crippen LogP contribution in [-0.2, 0) is 21.1 Å². The number of hydrogen-bond donors (Lipinski definition) is 2. The van der Waals surface area contributed by atoms with Crippen LogP contribution in [0.25, 0.3) is 10.9 Å². The summed E-state index contributed by atoms with van der Waals surface area (Å²) in [6.45, 7) is 0.952. The van der Waals surface area contributed by atoms with Crippen molar-refractivity contribution in [1.29, 1.82) is 0 Å². The number of nitrogens with zero attached hydrogens (tertiary/aromatic N) is 1. The predicted octanol–water partition coefficient (Wildman–Crippen LogP) is 4.73. The molecule has 1 aliphatic carbocycles. The Kier molecular flexibility index (Phi) is 6.25. The van der Waals surface area contributed by atoms with E-state index < -0.39 is 15.3 Å². The Morgan fingerprint density at radius 2 is 1.82 bits per heavy atom. The molecule has 2 heterocycles. The second-order valence-corrected chi connectivity index (χ2v) is 11.9. The van der Waals surface area contributed by atoms with Crippen molar-refractivity contribution in [2.24, 2.45) is 5.41 Å². The van der Waals surface area contributed by atoms with E-state index in [-0.39, 0.29) is 17.0 Å². The number of aromatic nitrogens is 1. The summed E-state index contributed by atoms with van der Waals surface area (Å²) >= 11 is 0. The van der Waals surface area contributed by atoms with Crippen molar-refractivity contribution in [1.82, 2.24) is 9.99 Å². The van der Waals surface area contributed by atoms with Gasteiger partial charge in [-0.25, -0.2) is 13.1 Å². The number of rotatable bonds is 6. The Balaban J connectivity index is 1.43. The number of sulfone groups is 1. The zero-order valence-electron chi connectivity index (χ0n) is 19.7. The van der Waals surface area contributed by atoms with Crippen LogP contribution in [0.1, 0.15) is 62.1 Å². The second-order valence-electron chi connectivity index (χ2n) is 9.93. The van der Waals surface area contributed by atoms with E-state index in [1.54, 1.807) is 6.07 Å². The van der Waals surface area contributed by atoms with Crippen LogP contribution in [0, 0.1) is 5.41 Å². The molecule has 6 nitrogen and oxygen atoms in total. The zero-order chi connectivity index (χ0) is 23.8. The first kappa shape index (κ1) is 23.1. The third-order valence-corrected chi connectivity index (χ3v) is 8.75. The predicted molar refractivity (Wildman–Crippen MR) is 135 cm³/mol. The van der Waals surface area contributed by atoms with Gasteiger partial charge in [-0.1, -0.05) is 61.7 Å². The maximum absolute atomic E-state index is 13.9. The Hall–Kier alpha value is -2.64. The van der Waals surface area contributed by atoms with Crippen LogP contribution in [0.3, 0.4) is 0 Å². The van der Waals surface area contributed by atoms with Gasteiger partial charge >= 0.3 is 0 Å². The lowest BCUT2D eigenvalue weighted by Gasteiger charge is -2.38. The maximum atomic E-state index is 13.9. The first-order valence-electron chi connectivity index (χ1n) is 12.3. The number of benzene rings is 2. The lowest BCUT2D eigenvalue weighted by molar-refractivity contribution is -0.129. The molecule has 34 heavy (non-hydrogen) atoms. The van der Waals surface area contributed by atoms with Gasteiger partial charge in [-0.15, -0.1) is 0 Å². The highest BCUT2D eigenvalue weighted by Gasteiger charge is 2.40. The maximum Gasteiger partial charge on any atom is 0.245 e. The van der Waals surface area contributed by atoms with Gasteiger partial charge in [0.05, 0.1) is 10.9 Å². The summed E-state index contributed by atoms with van der Waals surface area (Å²) in [4.78, 5) is 13.9. The quantitative estimate of drug-likeness (QED) is 0.536. The van der Waals surface area contributed by atoms with E-state index in [1.165, 1.54) is 22.1 Å². The number of carbonyl (C=O) groups excluding carboxylic acids is 1. The van der Waals surface area contributed by atoms with E-state index in [0.29, 0.717) is 5.52 Å². The molecular formula is C27H33N3O3S. The van der Waals surface area contributed by atoms with E-state index in [1.807, 2.05) is 24.3 Å². The highest BCUT2D eigenvalue weighted by atomic mass is 32.2. The second kappa shape index (κ2) is 9.19. The van der Waals surface area contributed by atoms with Crippen LogP contribution in [0.2, 0.25) is 0 Å². The Morgan fingerprint density at radius 1 is 1.09 bits per heavy atom. The Bertz CT molecular complexity index is 1310. The molecular weight excluding hydrogens is 446 g/mol. The highest BCUT2D eigenvalue weighted by molar-refractivity contribution is 7.90.